The topological polar surface area (TPSA) is 139 Å². The van der Waals surface area contributed by atoms with Crippen LogP contribution in [0.2, 0.25) is 5.15 Å². The first-order valence-corrected chi connectivity index (χ1v) is 13.5. The highest BCUT2D eigenvalue weighted by molar-refractivity contribution is 9.10. The van der Waals surface area contributed by atoms with Gasteiger partial charge in [0, 0.05) is 42.1 Å². The van der Waals surface area contributed by atoms with E-state index >= 15 is 0 Å². The number of nitrogens with one attached hydrogen (secondary N) is 1. The van der Waals surface area contributed by atoms with Crippen molar-refractivity contribution < 1.29 is 27.5 Å². The zero-order valence-electron chi connectivity index (χ0n) is 20.6. The molecule has 0 radical (unpaired) electrons. The first-order chi connectivity index (χ1) is 18.5. The molecule has 0 saturated carbocycles. The zero-order valence-corrected chi connectivity index (χ0v) is 23.8. The fourth-order valence-electron chi connectivity index (χ4n) is 3.91. The zero-order chi connectivity index (χ0) is 28.3. The number of nitrogens with two attached hydrogens (primary N) is 2. The number of hydrogen-bond donors (Lipinski definition) is 3. The van der Waals surface area contributed by atoms with Gasteiger partial charge in [0.25, 0.3) is 0 Å². The highest BCUT2D eigenvalue weighted by Gasteiger charge is 2.39. The van der Waals surface area contributed by atoms with Crippen molar-refractivity contribution in [1.82, 2.24) is 30.2 Å². The summed E-state index contributed by atoms with van der Waals surface area (Å²) in [5, 5.41) is 7.86. The standard InChI is InChI=1S/C22H25BrClF3N8O3S/c1-11-16(7-32-38-11)37-19(17(36-2)9-34(29)8-13(28)21-33-18(24)10-39-21)14-3-4-31-35(14)15-5-12(23)6-30-20(15)22(25,26)27/h3-6,8,10-11,16-17,19,32H,7,9,28-29H2,1-2H3/b13-8-/t11?,16?,17-,19?/m0/s1. The van der Waals surface area contributed by atoms with Gasteiger partial charge in [-0.05, 0) is 35.0 Å². The second kappa shape index (κ2) is 12.5. The molecule has 0 aromatic carbocycles. The van der Waals surface area contributed by atoms with Crippen molar-refractivity contribution in [1.29, 1.82) is 0 Å². The van der Waals surface area contributed by atoms with Crippen LogP contribution in [0.15, 0.2) is 40.6 Å². The molecule has 5 N–H and O–H groups in total. The minimum Gasteiger partial charge on any atom is -0.395 e. The summed E-state index contributed by atoms with van der Waals surface area (Å²) in [6, 6.07) is 2.83. The van der Waals surface area contributed by atoms with Crippen molar-refractivity contribution in [2.75, 3.05) is 20.2 Å². The lowest BCUT2D eigenvalue weighted by Crippen LogP contribution is -2.42. The van der Waals surface area contributed by atoms with Gasteiger partial charge in [-0.3, -0.25) is 4.84 Å². The van der Waals surface area contributed by atoms with Crippen LogP contribution >= 0.6 is 38.9 Å². The second-order valence-electron chi connectivity index (χ2n) is 8.48. The molecule has 1 aliphatic rings. The lowest BCUT2D eigenvalue weighted by molar-refractivity contribution is -0.141. The number of methoxy groups -OCH3 is 1. The predicted octanol–water partition coefficient (Wildman–Crippen LogP) is 3.66. The van der Waals surface area contributed by atoms with E-state index in [-0.39, 0.29) is 29.7 Å². The number of rotatable bonds is 10. The number of aromatic nitrogens is 4. The third kappa shape index (κ3) is 7.07. The number of pyridine rings is 1. The molecule has 39 heavy (non-hydrogen) atoms. The number of halogens is 5. The second-order valence-corrected chi connectivity index (χ2v) is 10.6. The van der Waals surface area contributed by atoms with Gasteiger partial charge in [0.2, 0.25) is 0 Å². The molecule has 0 spiro atoms. The van der Waals surface area contributed by atoms with Crippen LogP contribution in [0, 0.1) is 0 Å². The van der Waals surface area contributed by atoms with Gasteiger partial charge >= 0.3 is 6.18 Å². The van der Waals surface area contributed by atoms with Gasteiger partial charge in [-0.2, -0.15) is 23.8 Å². The van der Waals surface area contributed by atoms with Gasteiger partial charge < -0.3 is 20.2 Å². The summed E-state index contributed by atoms with van der Waals surface area (Å²) in [5.74, 6) is 6.23. The molecule has 11 nitrogen and oxygen atoms in total. The van der Waals surface area contributed by atoms with Gasteiger partial charge in [-0.1, -0.05) is 11.6 Å². The number of alkyl halides is 3. The average molecular weight is 654 g/mol. The van der Waals surface area contributed by atoms with Crippen LogP contribution in [0.3, 0.4) is 0 Å². The number of hydroxylamine groups is 1. The van der Waals surface area contributed by atoms with Crippen LogP contribution in [-0.4, -0.2) is 63.3 Å². The van der Waals surface area contributed by atoms with E-state index < -0.39 is 30.2 Å². The number of hydrogen-bond acceptors (Lipinski definition) is 11. The van der Waals surface area contributed by atoms with Gasteiger partial charge in [0.15, 0.2) is 5.69 Å². The van der Waals surface area contributed by atoms with Crippen LogP contribution in [0.25, 0.3) is 11.4 Å². The first kappa shape index (κ1) is 29.7. The van der Waals surface area contributed by atoms with E-state index in [1.54, 1.807) is 18.4 Å². The SMILES string of the molecule is CO[C@@H](CN(N)/C=C(\N)c1nc(Cl)cs1)C(OC1CNOC1C)c1ccnn1-c1cc(Br)cnc1C(F)(F)F. The quantitative estimate of drug-likeness (QED) is 0.220. The molecule has 212 valence electrons. The molecule has 0 bridgehead atoms. The lowest BCUT2D eigenvalue weighted by Gasteiger charge is -2.32. The molecule has 3 aromatic rings. The maximum Gasteiger partial charge on any atom is 0.435 e. The van der Waals surface area contributed by atoms with Crippen molar-refractivity contribution >= 4 is 44.6 Å². The molecule has 0 amide bonds. The minimum absolute atomic E-state index is 0.0321. The number of hydrazine groups is 1. The Labute approximate surface area is 238 Å². The molecular formula is C22H25BrClF3N8O3S. The minimum atomic E-state index is -4.73. The maximum absolute atomic E-state index is 13.9. The predicted molar refractivity (Wildman–Crippen MR) is 141 cm³/mol. The van der Waals surface area contributed by atoms with Crippen molar-refractivity contribution in [3.63, 3.8) is 0 Å². The Balaban J connectivity index is 1.71. The fraction of sp³-hybridized carbons (Fsp3) is 0.409. The summed E-state index contributed by atoms with van der Waals surface area (Å²) in [6.07, 6.45) is -3.37. The average Bonchev–Trinajstić information content (AvgIpc) is 3.62. The molecule has 1 fully saturated rings. The summed E-state index contributed by atoms with van der Waals surface area (Å²) < 4.78 is 55.3. The Morgan fingerprint density at radius 3 is 2.87 bits per heavy atom. The molecule has 17 heteroatoms. The molecule has 3 aromatic heterocycles. The monoisotopic (exact) mass is 652 g/mol. The van der Waals surface area contributed by atoms with E-state index in [9.17, 15) is 13.2 Å². The molecule has 4 atom stereocenters. The molecule has 0 aliphatic carbocycles. The van der Waals surface area contributed by atoms with Gasteiger partial charge in [-0.25, -0.2) is 20.5 Å². The van der Waals surface area contributed by atoms with Gasteiger partial charge in [0.1, 0.15) is 34.6 Å². The van der Waals surface area contributed by atoms with Crippen LogP contribution in [0.1, 0.15) is 29.4 Å². The van der Waals surface area contributed by atoms with Crippen molar-refractivity contribution in [2.24, 2.45) is 11.6 Å². The van der Waals surface area contributed by atoms with Crippen molar-refractivity contribution in [2.45, 2.75) is 37.5 Å². The molecule has 1 aliphatic heterocycles. The first-order valence-electron chi connectivity index (χ1n) is 11.4. The molecule has 4 heterocycles. The normalized spacial score (nSPS) is 19.8. The lowest BCUT2D eigenvalue weighted by atomic mass is 10.1. The van der Waals surface area contributed by atoms with E-state index in [4.69, 9.17) is 37.5 Å². The smallest absolute Gasteiger partial charge is 0.395 e. The Morgan fingerprint density at radius 1 is 1.49 bits per heavy atom. The third-order valence-electron chi connectivity index (χ3n) is 5.75. The van der Waals surface area contributed by atoms with E-state index in [2.05, 4.69) is 36.5 Å². The maximum atomic E-state index is 13.9. The van der Waals surface area contributed by atoms with E-state index in [1.807, 2.05) is 0 Å². The number of nitrogens with zero attached hydrogens (tertiary/aromatic N) is 5. The third-order valence-corrected chi connectivity index (χ3v) is 7.40. The number of thiazole rings is 1. The van der Waals surface area contributed by atoms with Crippen LogP contribution in [0.4, 0.5) is 13.2 Å². The molecule has 1 saturated heterocycles. The fourth-order valence-corrected chi connectivity index (χ4v) is 5.10. The number of ether oxygens (including phenoxy) is 2. The summed E-state index contributed by atoms with van der Waals surface area (Å²) >= 11 is 10.3. The largest absolute Gasteiger partial charge is 0.435 e. The van der Waals surface area contributed by atoms with Crippen molar-refractivity contribution in [3.8, 4) is 5.69 Å². The molecule has 4 rings (SSSR count). The van der Waals surface area contributed by atoms with Crippen LogP contribution in [-0.2, 0) is 20.5 Å². The van der Waals surface area contributed by atoms with E-state index in [0.717, 1.165) is 10.9 Å². The van der Waals surface area contributed by atoms with E-state index in [0.29, 0.717) is 21.2 Å². The Kier molecular flexibility index (Phi) is 9.49. The van der Waals surface area contributed by atoms with Gasteiger partial charge in [0.05, 0.1) is 23.6 Å². The van der Waals surface area contributed by atoms with Crippen LogP contribution < -0.4 is 17.1 Å². The Bertz CT molecular complexity index is 1310. The summed E-state index contributed by atoms with van der Waals surface area (Å²) in [4.78, 5) is 13.1. The molecule has 3 unspecified atom stereocenters. The van der Waals surface area contributed by atoms with Crippen LogP contribution in [0.5, 0.6) is 0 Å². The Morgan fingerprint density at radius 2 is 2.26 bits per heavy atom. The highest BCUT2D eigenvalue weighted by atomic mass is 79.9. The van der Waals surface area contributed by atoms with Gasteiger partial charge in [-0.15, -0.1) is 11.3 Å². The van der Waals surface area contributed by atoms with Crippen molar-refractivity contribution in [3.05, 3.63) is 62.1 Å². The Hall–Kier alpha value is -2.31. The summed E-state index contributed by atoms with van der Waals surface area (Å²) in [7, 11) is 1.44. The summed E-state index contributed by atoms with van der Waals surface area (Å²) in [5.41, 5.74) is 8.04. The molecular weight excluding hydrogens is 629 g/mol. The summed E-state index contributed by atoms with van der Waals surface area (Å²) in [6.45, 7) is 2.18. The highest BCUT2D eigenvalue weighted by Crippen LogP contribution is 2.36. The van der Waals surface area contributed by atoms with E-state index in [1.165, 1.54) is 41.9 Å².